The number of nitrogens with one attached hydrogen (secondary N) is 1. The van der Waals surface area contributed by atoms with Crippen LogP contribution in [0.1, 0.15) is 51.5 Å². The predicted octanol–water partition coefficient (Wildman–Crippen LogP) is 5.00. The first-order chi connectivity index (χ1) is 10.6. The highest BCUT2D eigenvalue weighted by molar-refractivity contribution is 7.14. The molecule has 1 amide bonds. The van der Waals surface area contributed by atoms with Gasteiger partial charge in [0.25, 0.3) is 5.91 Å². The van der Waals surface area contributed by atoms with E-state index in [1.165, 1.54) is 22.4 Å². The molecule has 1 atom stereocenters. The van der Waals surface area contributed by atoms with Gasteiger partial charge >= 0.3 is 0 Å². The molecule has 22 heavy (non-hydrogen) atoms. The third kappa shape index (κ3) is 2.95. The molecule has 2 aromatic rings. The molecule has 3 rings (SSSR count). The van der Waals surface area contributed by atoms with Crippen molar-refractivity contribution in [2.24, 2.45) is 5.92 Å². The van der Waals surface area contributed by atoms with E-state index in [-0.39, 0.29) is 5.91 Å². The zero-order valence-corrected chi connectivity index (χ0v) is 14.3. The second-order valence-corrected chi connectivity index (χ2v) is 7.46. The van der Waals surface area contributed by atoms with Crippen molar-refractivity contribution in [3.63, 3.8) is 0 Å². The molecule has 0 radical (unpaired) electrons. The van der Waals surface area contributed by atoms with E-state index in [4.69, 9.17) is 0 Å². The molecule has 1 N–H and O–H groups in total. The van der Waals surface area contributed by atoms with Gasteiger partial charge in [-0.05, 0) is 61.3 Å². The molecule has 0 bridgehead atoms. The van der Waals surface area contributed by atoms with Crippen molar-refractivity contribution in [2.45, 2.75) is 46.5 Å². The molecular formula is C19H23NOS. The van der Waals surface area contributed by atoms with Crippen molar-refractivity contribution in [1.82, 2.24) is 0 Å². The van der Waals surface area contributed by atoms with Crippen LogP contribution in [0, 0.1) is 12.8 Å². The molecule has 1 heterocycles. The Morgan fingerprint density at radius 2 is 2.23 bits per heavy atom. The van der Waals surface area contributed by atoms with Gasteiger partial charge in [0.2, 0.25) is 0 Å². The predicted molar refractivity (Wildman–Crippen MR) is 94.0 cm³/mol. The molecule has 1 aliphatic rings. The summed E-state index contributed by atoms with van der Waals surface area (Å²) in [6, 6.07) is 8.30. The van der Waals surface area contributed by atoms with E-state index in [0.717, 1.165) is 41.3 Å². The number of benzene rings is 1. The first-order valence-corrected chi connectivity index (χ1v) is 8.91. The molecular weight excluding hydrogens is 290 g/mol. The van der Waals surface area contributed by atoms with Gasteiger partial charge in [0.05, 0.1) is 4.88 Å². The lowest BCUT2D eigenvalue weighted by Crippen LogP contribution is -2.13. The lowest BCUT2D eigenvalue weighted by atomic mass is 9.90. The summed E-state index contributed by atoms with van der Waals surface area (Å²) < 4.78 is 0. The Bertz CT molecular complexity index is 701. The van der Waals surface area contributed by atoms with E-state index < -0.39 is 0 Å². The van der Waals surface area contributed by atoms with Crippen LogP contribution in [0.15, 0.2) is 24.3 Å². The summed E-state index contributed by atoms with van der Waals surface area (Å²) in [7, 11) is 0. The molecule has 0 spiro atoms. The normalized spacial score (nSPS) is 17.1. The van der Waals surface area contributed by atoms with Crippen molar-refractivity contribution in [3.8, 4) is 0 Å². The second kappa shape index (κ2) is 6.25. The molecule has 0 saturated carbocycles. The van der Waals surface area contributed by atoms with Gasteiger partial charge in [0.15, 0.2) is 0 Å². The minimum absolute atomic E-state index is 0.0380. The first kappa shape index (κ1) is 15.3. The number of hydrogen-bond donors (Lipinski definition) is 1. The van der Waals surface area contributed by atoms with Crippen molar-refractivity contribution in [1.29, 1.82) is 0 Å². The maximum absolute atomic E-state index is 12.6. The number of carbonyl (C=O) groups excluding carboxylic acids is 1. The molecule has 1 aromatic heterocycles. The van der Waals surface area contributed by atoms with E-state index in [0.29, 0.717) is 0 Å². The average molecular weight is 313 g/mol. The largest absolute Gasteiger partial charge is 0.321 e. The highest BCUT2D eigenvalue weighted by Gasteiger charge is 2.21. The molecule has 3 heteroatoms. The second-order valence-electron chi connectivity index (χ2n) is 6.32. The first-order valence-electron chi connectivity index (χ1n) is 8.10. The third-order valence-electron chi connectivity index (χ3n) is 4.53. The maximum atomic E-state index is 12.6. The van der Waals surface area contributed by atoms with Crippen molar-refractivity contribution in [3.05, 3.63) is 50.7 Å². The number of thiophene rings is 1. The molecule has 1 aromatic carbocycles. The molecule has 2 nitrogen and oxygen atoms in total. The van der Waals surface area contributed by atoms with Crippen LogP contribution in [0.4, 0.5) is 5.69 Å². The summed E-state index contributed by atoms with van der Waals surface area (Å²) in [5, 5.41) is 3.14. The monoisotopic (exact) mass is 313 g/mol. The average Bonchev–Trinajstić information content (AvgIpc) is 2.92. The van der Waals surface area contributed by atoms with Gasteiger partial charge in [0, 0.05) is 10.6 Å². The SMILES string of the molecule is CCc1cccc(C)c1NC(=O)c1cc2c(s1)CCC(C)C2. The van der Waals surface area contributed by atoms with E-state index in [1.807, 2.05) is 0 Å². The fourth-order valence-electron chi connectivity index (χ4n) is 3.19. The van der Waals surface area contributed by atoms with Crippen molar-refractivity contribution >= 4 is 22.9 Å². The van der Waals surface area contributed by atoms with E-state index in [9.17, 15) is 4.79 Å². The van der Waals surface area contributed by atoms with Crippen molar-refractivity contribution < 1.29 is 4.79 Å². The summed E-state index contributed by atoms with van der Waals surface area (Å²) in [5.41, 5.74) is 4.69. The number of rotatable bonds is 3. The zero-order valence-electron chi connectivity index (χ0n) is 13.5. The zero-order chi connectivity index (χ0) is 15.7. The summed E-state index contributed by atoms with van der Waals surface area (Å²) >= 11 is 1.67. The number of aryl methyl sites for hydroxylation is 3. The summed E-state index contributed by atoms with van der Waals surface area (Å²) in [5.74, 6) is 0.775. The molecule has 0 saturated heterocycles. The highest BCUT2D eigenvalue weighted by atomic mass is 32.1. The van der Waals surface area contributed by atoms with Crippen LogP contribution in [0.25, 0.3) is 0 Å². The smallest absolute Gasteiger partial charge is 0.265 e. The van der Waals surface area contributed by atoms with Gasteiger partial charge < -0.3 is 5.32 Å². The minimum Gasteiger partial charge on any atom is -0.321 e. The van der Waals surface area contributed by atoms with Crippen LogP contribution in [-0.2, 0) is 19.3 Å². The van der Waals surface area contributed by atoms with E-state index >= 15 is 0 Å². The summed E-state index contributed by atoms with van der Waals surface area (Å²) in [6.07, 6.45) is 4.41. The summed E-state index contributed by atoms with van der Waals surface area (Å²) in [6.45, 7) is 6.47. The van der Waals surface area contributed by atoms with Crippen LogP contribution >= 0.6 is 11.3 Å². The van der Waals surface area contributed by atoms with Crippen LogP contribution in [0.2, 0.25) is 0 Å². The number of fused-ring (bicyclic) bond motifs is 1. The number of para-hydroxylation sites is 1. The fourth-order valence-corrected chi connectivity index (χ4v) is 4.30. The molecule has 1 unspecified atom stereocenters. The van der Waals surface area contributed by atoms with Gasteiger partial charge in [-0.2, -0.15) is 0 Å². The van der Waals surface area contributed by atoms with Gasteiger partial charge in [0.1, 0.15) is 0 Å². The topological polar surface area (TPSA) is 29.1 Å². The molecule has 0 aliphatic heterocycles. The quantitative estimate of drug-likeness (QED) is 0.849. The highest BCUT2D eigenvalue weighted by Crippen LogP contribution is 2.33. The van der Waals surface area contributed by atoms with Crippen molar-refractivity contribution in [2.75, 3.05) is 5.32 Å². The lowest BCUT2D eigenvalue weighted by molar-refractivity contribution is 0.103. The Morgan fingerprint density at radius 3 is 3.00 bits per heavy atom. The Hall–Kier alpha value is -1.61. The lowest BCUT2D eigenvalue weighted by Gasteiger charge is -2.16. The van der Waals surface area contributed by atoms with Crippen LogP contribution in [-0.4, -0.2) is 5.91 Å². The Labute approximate surface area is 136 Å². The maximum Gasteiger partial charge on any atom is 0.265 e. The molecule has 116 valence electrons. The van der Waals surface area contributed by atoms with Gasteiger partial charge in [-0.25, -0.2) is 0 Å². The number of hydrogen-bond acceptors (Lipinski definition) is 2. The summed E-state index contributed by atoms with van der Waals surface area (Å²) in [4.78, 5) is 14.9. The van der Waals surface area contributed by atoms with Crippen LogP contribution in [0.3, 0.4) is 0 Å². The molecule has 0 fully saturated rings. The number of carbonyl (C=O) groups is 1. The Kier molecular flexibility index (Phi) is 4.34. The van der Waals surface area contributed by atoms with Gasteiger partial charge in [-0.1, -0.05) is 32.0 Å². The Morgan fingerprint density at radius 1 is 1.41 bits per heavy atom. The van der Waals surface area contributed by atoms with Gasteiger partial charge in [-0.15, -0.1) is 11.3 Å². The van der Waals surface area contributed by atoms with Crippen LogP contribution in [0.5, 0.6) is 0 Å². The third-order valence-corrected chi connectivity index (χ3v) is 5.77. The standard InChI is InChI=1S/C19H23NOS/c1-4-14-7-5-6-13(3)18(14)20-19(21)17-11-15-10-12(2)8-9-16(15)22-17/h5-7,11-12H,4,8-10H2,1-3H3,(H,20,21). The Balaban J connectivity index is 1.84. The van der Waals surface area contributed by atoms with E-state index in [2.05, 4.69) is 50.4 Å². The minimum atomic E-state index is 0.0380. The number of amides is 1. The van der Waals surface area contributed by atoms with Crippen LogP contribution < -0.4 is 5.32 Å². The fraction of sp³-hybridized carbons (Fsp3) is 0.421. The van der Waals surface area contributed by atoms with Gasteiger partial charge in [-0.3, -0.25) is 4.79 Å². The number of anilines is 1. The van der Waals surface area contributed by atoms with E-state index in [1.54, 1.807) is 11.3 Å². The molecule has 1 aliphatic carbocycles.